The summed E-state index contributed by atoms with van der Waals surface area (Å²) in [6.45, 7) is 1.99. The fraction of sp³-hybridized carbons (Fsp3) is 0.250. The summed E-state index contributed by atoms with van der Waals surface area (Å²) in [5.74, 6) is 1.07. The topological polar surface area (TPSA) is 17.8 Å². The first-order valence-electron chi connectivity index (χ1n) is 2.66. The van der Waals surface area contributed by atoms with E-state index in [2.05, 4.69) is 4.98 Å². The van der Waals surface area contributed by atoms with Crippen LogP contribution >= 0.6 is 0 Å². The van der Waals surface area contributed by atoms with Crippen molar-refractivity contribution in [1.82, 2.24) is 9.46 Å². The van der Waals surface area contributed by atoms with Crippen molar-refractivity contribution in [3.05, 3.63) is 12.0 Å². The van der Waals surface area contributed by atoms with E-state index in [0.29, 0.717) is 0 Å². The number of hydrogen-bond acceptors (Lipinski definition) is 1. The molecule has 1 heterocycles. The highest BCUT2D eigenvalue weighted by atomic mass is 15.0. The molecule has 0 saturated carbocycles. The number of imidazole rings is 1. The highest BCUT2D eigenvalue weighted by Gasteiger charge is 1.91. The Labute approximate surface area is 50.8 Å². The maximum absolute atomic E-state index is 4.17. The summed E-state index contributed by atoms with van der Waals surface area (Å²) in [5, 5.41) is 0. The molecule has 0 radical (unpaired) electrons. The van der Waals surface area contributed by atoms with Crippen molar-refractivity contribution >= 4 is 21.4 Å². The first kappa shape index (κ1) is 5.48. The Bertz CT molecular complexity index is 174. The lowest BCUT2D eigenvalue weighted by Crippen LogP contribution is -2.00. The molecule has 1 rings (SSSR count). The summed E-state index contributed by atoms with van der Waals surface area (Å²) in [6.07, 6.45) is 2.01. The van der Waals surface area contributed by atoms with Gasteiger partial charge < -0.3 is 4.48 Å². The van der Waals surface area contributed by atoms with Gasteiger partial charge in [-0.1, -0.05) is 0 Å². The fourth-order valence-electron chi connectivity index (χ4n) is 0.737. The molecule has 0 bridgehead atoms. The van der Waals surface area contributed by atoms with Crippen molar-refractivity contribution < 1.29 is 0 Å². The zero-order chi connectivity index (χ0) is 6.15. The average molecular weight is 106 g/mol. The lowest BCUT2D eigenvalue weighted by molar-refractivity contribution is 1.08. The van der Waals surface area contributed by atoms with E-state index in [1.54, 1.807) is 0 Å². The van der Waals surface area contributed by atoms with Gasteiger partial charge in [0.2, 0.25) is 7.98 Å². The Kier molecular flexibility index (Phi) is 1.16. The minimum absolute atomic E-state index is 1.07. The van der Waals surface area contributed by atoms with Gasteiger partial charge in [-0.05, 0) is 6.92 Å². The average Bonchev–Trinajstić information content (AvgIpc) is 1.85. The first-order valence-corrected chi connectivity index (χ1v) is 2.66. The molecule has 2 nitrogen and oxygen atoms in total. The Hall–Kier alpha value is -0.660. The van der Waals surface area contributed by atoms with Crippen LogP contribution in [0, 0.1) is 6.92 Å². The molecule has 4 heteroatoms. The molecule has 1 aromatic heterocycles. The van der Waals surface area contributed by atoms with Gasteiger partial charge in [-0.3, -0.25) is 4.98 Å². The Morgan fingerprint density at radius 3 is 2.50 bits per heavy atom. The summed E-state index contributed by atoms with van der Waals surface area (Å²) in [5.41, 5.74) is 1.09. The second-order valence-corrected chi connectivity index (χ2v) is 2.04. The second-order valence-electron chi connectivity index (χ2n) is 2.04. The number of nitrogens with zero attached hydrogens (tertiary/aromatic N) is 2. The highest BCUT2D eigenvalue weighted by Crippen LogP contribution is 1.83. The van der Waals surface area contributed by atoms with Gasteiger partial charge >= 0.3 is 0 Å². The molecule has 0 spiro atoms. The third-order valence-electron chi connectivity index (χ3n) is 1.23. The quantitative estimate of drug-likeness (QED) is 0.344. The third kappa shape index (κ3) is 0.782. The van der Waals surface area contributed by atoms with E-state index in [4.69, 9.17) is 0 Å². The summed E-state index contributed by atoms with van der Waals surface area (Å²) >= 11 is 0. The van der Waals surface area contributed by atoms with E-state index in [0.717, 1.165) is 11.4 Å². The summed E-state index contributed by atoms with van der Waals surface area (Å²) in [4.78, 5) is 4.17. The molecule has 40 valence electrons. The number of aromatic nitrogens is 2. The van der Waals surface area contributed by atoms with Crippen molar-refractivity contribution in [3.63, 3.8) is 0 Å². The van der Waals surface area contributed by atoms with Gasteiger partial charge in [0.1, 0.15) is 0 Å². The van der Waals surface area contributed by atoms with Crippen molar-refractivity contribution in [2.45, 2.75) is 6.92 Å². The maximum Gasteiger partial charge on any atom is 0.224 e. The zero-order valence-corrected chi connectivity index (χ0v) is 5.47. The number of rotatable bonds is 0. The lowest BCUT2D eigenvalue weighted by atomic mass is 10.1. The molecule has 0 aliphatic heterocycles. The minimum atomic E-state index is 1.07. The first-order chi connectivity index (χ1) is 3.70. The molecule has 0 aromatic carbocycles. The maximum atomic E-state index is 4.17. The standard InChI is InChI=1S/C4H8B2N2/c1-3-7-4(5)2-8(3)6/h2H,5-6H2,1H3. The molecule has 0 fully saturated rings. The van der Waals surface area contributed by atoms with Crippen LogP contribution in [0.2, 0.25) is 0 Å². The smallest absolute Gasteiger partial charge is 0.224 e. The van der Waals surface area contributed by atoms with Crippen LogP contribution in [0.25, 0.3) is 0 Å². The lowest BCUT2D eigenvalue weighted by Gasteiger charge is -1.87. The Morgan fingerprint density at radius 1 is 1.75 bits per heavy atom. The zero-order valence-electron chi connectivity index (χ0n) is 5.47. The van der Waals surface area contributed by atoms with Crippen molar-refractivity contribution in [2.75, 3.05) is 0 Å². The summed E-state index contributed by atoms with van der Waals surface area (Å²) in [6, 6.07) is 0. The highest BCUT2D eigenvalue weighted by molar-refractivity contribution is 6.31. The molecule has 0 N–H and O–H groups in total. The number of hydrogen-bond donors (Lipinski definition) is 0. The third-order valence-corrected chi connectivity index (χ3v) is 1.23. The van der Waals surface area contributed by atoms with Gasteiger partial charge in [0.05, 0.1) is 5.82 Å². The summed E-state index contributed by atoms with van der Waals surface area (Å²) in [7, 11) is 3.99. The van der Waals surface area contributed by atoms with E-state index < -0.39 is 0 Å². The van der Waals surface area contributed by atoms with E-state index in [1.807, 2.05) is 33.4 Å². The van der Waals surface area contributed by atoms with Crippen LogP contribution in [-0.2, 0) is 0 Å². The Morgan fingerprint density at radius 2 is 2.38 bits per heavy atom. The van der Waals surface area contributed by atoms with E-state index in [1.165, 1.54) is 0 Å². The van der Waals surface area contributed by atoms with Crippen LogP contribution in [-0.4, -0.2) is 25.3 Å². The molecule has 0 aliphatic carbocycles. The predicted molar refractivity (Wildman–Crippen MR) is 39.1 cm³/mol. The minimum Gasteiger partial charge on any atom is -0.388 e. The molecular weight excluding hydrogens is 97.7 g/mol. The van der Waals surface area contributed by atoms with Crippen LogP contribution in [0.3, 0.4) is 0 Å². The summed E-state index contributed by atoms with van der Waals surface area (Å²) < 4.78 is 2.01. The van der Waals surface area contributed by atoms with Crippen LogP contribution in [0.5, 0.6) is 0 Å². The Balaban J connectivity index is 3.14. The van der Waals surface area contributed by atoms with Crippen LogP contribution < -0.4 is 5.59 Å². The molecule has 0 unspecified atom stereocenters. The fourth-order valence-corrected chi connectivity index (χ4v) is 0.737. The largest absolute Gasteiger partial charge is 0.388 e. The van der Waals surface area contributed by atoms with Crippen LogP contribution in [0.15, 0.2) is 6.20 Å². The van der Waals surface area contributed by atoms with Gasteiger partial charge in [-0.25, -0.2) is 0 Å². The SMILES string of the molecule is Bc1cn(B)c(C)n1. The van der Waals surface area contributed by atoms with Gasteiger partial charge in [-0.2, -0.15) is 0 Å². The van der Waals surface area contributed by atoms with Gasteiger partial charge in [0.15, 0.2) is 7.85 Å². The van der Waals surface area contributed by atoms with Crippen LogP contribution in [0.4, 0.5) is 0 Å². The molecule has 0 saturated heterocycles. The molecule has 0 atom stereocenters. The molecule has 0 amide bonds. The van der Waals surface area contributed by atoms with Crippen molar-refractivity contribution in [3.8, 4) is 0 Å². The second kappa shape index (κ2) is 1.69. The normalized spacial score (nSPS) is 9.62. The van der Waals surface area contributed by atoms with Crippen molar-refractivity contribution in [2.24, 2.45) is 0 Å². The molecular formula is C4H8B2N2. The molecule has 8 heavy (non-hydrogen) atoms. The van der Waals surface area contributed by atoms with Gasteiger partial charge in [0, 0.05) is 11.8 Å². The predicted octanol–water partition coefficient (Wildman–Crippen LogP) is -2.15. The van der Waals surface area contributed by atoms with Crippen molar-refractivity contribution in [1.29, 1.82) is 0 Å². The monoisotopic (exact) mass is 106 g/mol. The van der Waals surface area contributed by atoms with Gasteiger partial charge in [-0.15, -0.1) is 0 Å². The molecule has 1 aromatic rings. The number of aryl methyl sites for hydroxylation is 1. The van der Waals surface area contributed by atoms with Gasteiger partial charge in [0.25, 0.3) is 0 Å². The van der Waals surface area contributed by atoms with E-state index in [9.17, 15) is 0 Å². The molecule has 0 aliphatic rings. The van der Waals surface area contributed by atoms with E-state index >= 15 is 0 Å². The van der Waals surface area contributed by atoms with Crippen LogP contribution in [0.1, 0.15) is 5.82 Å². The van der Waals surface area contributed by atoms with E-state index in [-0.39, 0.29) is 0 Å².